The van der Waals surface area contributed by atoms with Gasteiger partial charge in [0, 0.05) is 37.1 Å². The molecule has 1 N–H and O–H groups in total. The molecule has 170 valence electrons. The average Bonchev–Trinajstić information content (AvgIpc) is 3.46. The first-order valence-electron chi connectivity index (χ1n) is 11.9. The first-order valence-corrected chi connectivity index (χ1v) is 11.9. The summed E-state index contributed by atoms with van der Waals surface area (Å²) in [5.74, 6) is -1.38. The second-order valence-electron chi connectivity index (χ2n) is 9.29. The summed E-state index contributed by atoms with van der Waals surface area (Å²) in [6, 6.07) is 8.27. The smallest absolute Gasteiger partial charge is 0.212 e. The molecule has 2 aromatic rings. The number of aliphatic hydroxyl groups excluding tert-OH is 1. The van der Waals surface area contributed by atoms with E-state index in [1.165, 1.54) is 11.1 Å². The number of nitrogens with zero attached hydrogens (tertiary/aromatic N) is 2. The Bertz CT molecular complexity index is 918. The second-order valence-corrected chi connectivity index (χ2v) is 9.29. The van der Waals surface area contributed by atoms with Crippen LogP contribution in [0.2, 0.25) is 0 Å². The predicted octanol–water partition coefficient (Wildman–Crippen LogP) is 2.69. The normalized spacial score (nSPS) is 23.1. The quantitative estimate of drug-likeness (QED) is 0.786. The van der Waals surface area contributed by atoms with Gasteiger partial charge >= 0.3 is 0 Å². The van der Waals surface area contributed by atoms with E-state index in [1.54, 1.807) is 0 Å². The lowest BCUT2D eigenvalue weighted by atomic mass is 9.89. The molecular formula is C25H30N2O5. The van der Waals surface area contributed by atoms with E-state index in [9.17, 15) is 5.11 Å². The fraction of sp³-hybridized carbons (Fsp3) is 0.600. The third-order valence-electron chi connectivity index (χ3n) is 7.10. The molecule has 0 unspecified atom stereocenters. The van der Waals surface area contributed by atoms with Gasteiger partial charge < -0.3 is 24.1 Å². The molecule has 2 aromatic heterocycles. The van der Waals surface area contributed by atoms with Crippen LogP contribution in [0.15, 0.2) is 24.3 Å². The van der Waals surface area contributed by atoms with Crippen molar-refractivity contribution < 1.29 is 24.1 Å². The second kappa shape index (κ2) is 8.15. The van der Waals surface area contributed by atoms with Crippen molar-refractivity contribution in [3.8, 4) is 0 Å². The summed E-state index contributed by atoms with van der Waals surface area (Å²) in [6.07, 6.45) is 6.07. The van der Waals surface area contributed by atoms with E-state index < -0.39 is 17.7 Å². The first kappa shape index (κ1) is 20.7. The maximum absolute atomic E-state index is 10.9. The van der Waals surface area contributed by atoms with Crippen LogP contribution in [0.1, 0.15) is 59.6 Å². The lowest BCUT2D eigenvalue weighted by Crippen LogP contribution is -2.34. The van der Waals surface area contributed by atoms with Gasteiger partial charge in [0.2, 0.25) is 11.6 Å². The molecule has 0 saturated carbocycles. The van der Waals surface area contributed by atoms with Crippen LogP contribution in [0.4, 0.5) is 0 Å². The first-order chi connectivity index (χ1) is 15.7. The lowest BCUT2D eigenvalue weighted by molar-refractivity contribution is -0.178. The highest BCUT2D eigenvalue weighted by atomic mass is 16.7. The summed E-state index contributed by atoms with van der Waals surface area (Å²) >= 11 is 0. The number of pyridine rings is 2. The molecule has 2 aliphatic carbocycles. The standard InChI is InChI=1S/C25H30N2O5/c28-21(15-19-7-5-17-3-1-9-24(22(17)26-19)29-11-12-30-24)16-20-8-6-18-4-2-10-25(23(18)27-20)31-13-14-32-25/h5-8,21,28H,1-4,9-16H2. The molecule has 0 radical (unpaired) electrons. The summed E-state index contributed by atoms with van der Waals surface area (Å²) in [5.41, 5.74) is 5.89. The van der Waals surface area contributed by atoms with E-state index in [4.69, 9.17) is 28.9 Å². The fourth-order valence-corrected chi connectivity index (χ4v) is 5.63. The van der Waals surface area contributed by atoms with Crippen molar-refractivity contribution in [1.82, 2.24) is 9.97 Å². The molecule has 0 amide bonds. The van der Waals surface area contributed by atoms with E-state index >= 15 is 0 Å². The summed E-state index contributed by atoms with van der Waals surface area (Å²) in [7, 11) is 0. The van der Waals surface area contributed by atoms with Gasteiger partial charge in [-0.2, -0.15) is 0 Å². The third-order valence-corrected chi connectivity index (χ3v) is 7.10. The molecule has 0 bridgehead atoms. The molecule has 6 rings (SSSR count). The number of fused-ring (bicyclic) bond motifs is 4. The van der Waals surface area contributed by atoms with Crippen LogP contribution in [0, 0.1) is 0 Å². The fourth-order valence-electron chi connectivity index (χ4n) is 5.63. The lowest BCUT2D eigenvalue weighted by Gasteiger charge is -2.33. The Kier molecular flexibility index (Phi) is 5.27. The highest BCUT2D eigenvalue weighted by Gasteiger charge is 2.44. The molecule has 2 spiro atoms. The van der Waals surface area contributed by atoms with Crippen molar-refractivity contribution in [1.29, 1.82) is 0 Å². The van der Waals surface area contributed by atoms with Crippen molar-refractivity contribution in [3.63, 3.8) is 0 Å². The van der Waals surface area contributed by atoms with Crippen molar-refractivity contribution in [3.05, 3.63) is 58.2 Å². The summed E-state index contributed by atoms with van der Waals surface area (Å²) < 4.78 is 23.9. The molecule has 0 atom stereocenters. The number of rotatable bonds is 4. The number of ether oxygens (including phenoxy) is 4. The van der Waals surface area contributed by atoms with Gasteiger partial charge in [-0.15, -0.1) is 0 Å². The minimum absolute atomic E-state index is 0.459. The molecular weight excluding hydrogens is 408 g/mol. The van der Waals surface area contributed by atoms with Crippen molar-refractivity contribution >= 4 is 0 Å². The van der Waals surface area contributed by atoms with Crippen molar-refractivity contribution in [2.75, 3.05) is 26.4 Å². The monoisotopic (exact) mass is 438 g/mol. The van der Waals surface area contributed by atoms with E-state index in [2.05, 4.69) is 12.1 Å². The van der Waals surface area contributed by atoms with Gasteiger partial charge in [0.25, 0.3) is 0 Å². The highest BCUT2D eigenvalue weighted by molar-refractivity contribution is 5.31. The number of hydrogen-bond acceptors (Lipinski definition) is 7. The van der Waals surface area contributed by atoms with Crippen LogP contribution >= 0.6 is 0 Å². The zero-order chi connectivity index (χ0) is 21.6. The Labute approximate surface area is 188 Å². The molecule has 32 heavy (non-hydrogen) atoms. The van der Waals surface area contributed by atoms with E-state index in [0.29, 0.717) is 39.3 Å². The Morgan fingerprint density at radius 1 is 0.719 bits per heavy atom. The summed E-state index contributed by atoms with van der Waals surface area (Å²) in [4.78, 5) is 9.78. The third kappa shape index (κ3) is 3.56. The van der Waals surface area contributed by atoms with Gasteiger partial charge in [0.05, 0.1) is 32.5 Å². The van der Waals surface area contributed by atoms with Gasteiger partial charge in [0.1, 0.15) is 11.4 Å². The van der Waals surface area contributed by atoms with Gasteiger partial charge in [-0.25, -0.2) is 0 Å². The minimum Gasteiger partial charge on any atom is -0.392 e. The maximum Gasteiger partial charge on any atom is 0.212 e. The van der Waals surface area contributed by atoms with Crippen LogP contribution in [0.5, 0.6) is 0 Å². The zero-order valence-corrected chi connectivity index (χ0v) is 18.3. The molecule has 2 fully saturated rings. The Hall–Kier alpha value is -1.90. The van der Waals surface area contributed by atoms with E-state index in [1.807, 2.05) is 12.1 Å². The molecule has 2 aliphatic heterocycles. The van der Waals surface area contributed by atoms with Crippen LogP contribution in [0.25, 0.3) is 0 Å². The Balaban J connectivity index is 1.20. The number of aryl methyl sites for hydroxylation is 2. The largest absolute Gasteiger partial charge is 0.392 e. The number of aliphatic hydroxyl groups is 1. The van der Waals surface area contributed by atoms with Crippen LogP contribution in [-0.2, 0) is 56.2 Å². The molecule has 4 aliphatic rings. The molecule has 2 saturated heterocycles. The van der Waals surface area contributed by atoms with Gasteiger partial charge in [0.15, 0.2) is 0 Å². The Morgan fingerprint density at radius 2 is 1.16 bits per heavy atom. The molecule has 7 heteroatoms. The van der Waals surface area contributed by atoms with Crippen molar-refractivity contribution in [2.24, 2.45) is 0 Å². The highest BCUT2D eigenvalue weighted by Crippen LogP contribution is 2.42. The molecule has 4 heterocycles. The summed E-state index contributed by atoms with van der Waals surface area (Å²) in [6.45, 7) is 2.42. The van der Waals surface area contributed by atoms with Crippen LogP contribution in [0.3, 0.4) is 0 Å². The van der Waals surface area contributed by atoms with E-state index in [0.717, 1.165) is 61.3 Å². The predicted molar refractivity (Wildman–Crippen MR) is 115 cm³/mol. The maximum atomic E-state index is 10.9. The molecule has 0 aromatic carbocycles. The van der Waals surface area contributed by atoms with Crippen LogP contribution < -0.4 is 0 Å². The zero-order valence-electron chi connectivity index (χ0n) is 18.3. The summed E-state index contributed by atoms with van der Waals surface area (Å²) in [5, 5.41) is 10.9. The molecule has 7 nitrogen and oxygen atoms in total. The van der Waals surface area contributed by atoms with Gasteiger partial charge in [-0.05, 0) is 48.9 Å². The van der Waals surface area contributed by atoms with Crippen molar-refractivity contribution in [2.45, 2.75) is 69.0 Å². The van der Waals surface area contributed by atoms with E-state index in [-0.39, 0.29) is 0 Å². The average molecular weight is 439 g/mol. The number of aromatic nitrogens is 2. The Morgan fingerprint density at radius 3 is 1.59 bits per heavy atom. The SMILES string of the molecule is OC(Cc1ccc2c(n1)C1(CCC2)OCCO1)Cc1ccc2c(n1)C1(CCC2)OCCO1. The minimum atomic E-state index is -0.690. The topological polar surface area (TPSA) is 82.9 Å². The number of hydrogen-bond donors (Lipinski definition) is 1. The van der Waals surface area contributed by atoms with Gasteiger partial charge in [-0.3, -0.25) is 9.97 Å². The van der Waals surface area contributed by atoms with Gasteiger partial charge in [-0.1, -0.05) is 12.1 Å². The van der Waals surface area contributed by atoms with Crippen LogP contribution in [-0.4, -0.2) is 47.6 Å².